The van der Waals surface area contributed by atoms with E-state index in [-0.39, 0.29) is 5.69 Å². The fourth-order valence-corrected chi connectivity index (χ4v) is 1.96. The number of nitro benzene ring substituents is 1. The molecule has 0 atom stereocenters. The van der Waals surface area contributed by atoms with Crippen molar-refractivity contribution in [3.8, 4) is 17.1 Å². The third-order valence-electron chi connectivity index (χ3n) is 3.03. The predicted molar refractivity (Wildman–Crippen MR) is 77.4 cm³/mol. The quantitative estimate of drug-likeness (QED) is 0.478. The first-order valence-corrected chi connectivity index (χ1v) is 6.57. The third-order valence-corrected chi connectivity index (χ3v) is 3.03. The van der Waals surface area contributed by atoms with Crippen LogP contribution in [0, 0.1) is 10.1 Å². The number of methoxy groups -OCH3 is 1. The van der Waals surface area contributed by atoms with Gasteiger partial charge in [-0.05, 0) is 26.1 Å². The van der Waals surface area contributed by atoms with Gasteiger partial charge in [0.15, 0.2) is 11.7 Å². The maximum Gasteiger partial charge on any atom is 0.273 e. The Kier molecular flexibility index (Phi) is 4.89. The highest BCUT2D eigenvalue weighted by atomic mass is 16.6. The van der Waals surface area contributed by atoms with Crippen LogP contribution in [0.3, 0.4) is 0 Å². The van der Waals surface area contributed by atoms with Gasteiger partial charge in [-0.25, -0.2) is 4.98 Å². The molecule has 0 amide bonds. The Labute approximate surface area is 122 Å². The summed E-state index contributed by atoms with van der Waals surface area (Å²) in [4.78, 5) is 14.5. The molecule has 2 aromatic rings. The second-order valence-corrected chi connectivity index (χ2v) is 4.47. The Hall–Kier alpha value is -2.41. The molecule has 2 rings (SSSR count). The van der Waals surface area contributed by atoms with E-state index >= 15 is 0 Å². The van der Waals surface area contributed by atoms with Crippen molar-refractivity contribution in [3.63, 3.8) is 0 Å². The van der Waals surface area contributed by atoms with E-state index in [4.69, 9.17) is 9.15 Å². The number of aromatic nitrogens is 1. The van der Waals surface area contributed by atoms with Gasteiger partial charge in [-0.1, -0.05) is 0 Å². The highest BCUT2D eigenvalue weighted by Gasteiger charge is 2.15. The highest BCUT2D eigenvalue weighted by Crippen LogP contribution is 2.33. The molecule has 1 N–H and O–H groups in total. The fourth-order valence-electron chi connectivity index (χ4n) is 1.96. The maximum atomic E-state index is 10.8. The number of nitrogens with zero attached hydrogens (tertiary/aromatic N) is 2. The van der Waals surface area contributed by atoms with Crippen LogP contribution in [0.1, 0.15) is 12.3 Å². The van der Waals surface area contributed by atoms with Crippen LogP contribution in [0.15, 0.2) is 28.8 Å². The highest BCUT2D eigenvalue weighted by molar-refractivity contribution is 5.67. The molecule has 0 spiro atoms. The van der Waals surface area contributed by atoms with Gasteiger partial charge in [-0.3, -0.25) is 10.1 Å². The third kappa shape index (κ3) is 3.57. The van der Waals surface area contributed by atoms with E-state index in [0.29, 0.717) is 23.0 Å². The van der Waals surface area contributed by atoms with Gasteiger partial charge in [0.1, 0.15) is 5.75 Å². The SMILES string of the molecule is CNCCCc1ncc(-c2ccc([N+](=O)[O-])cc2OC)o1. The molecule has 112 valence electrons. The Morgan fingerprint density at radius 1 is 1.48 bits per heavy atom. The smallest absolute Gasteiger partial charge is 0.273 e. The second kappa shape index (κ2) is 6.85. The Morgan fingerprint density at radius 3 is 2.95 bits per heavy atom. The maximum absolute atomic E-state index is 10.8. The Morgan fingerprint density at radius 2 is 2.29 bits per heavy atom. The number of non-ortho nitro benzene ring substituents is 1. The van der Waals surface area contributed by atoms with Crippen molar-refractivity contribution in [2.75, 3.05) is 20.7 Å². The largest absolute Gasteiger partial charge is 0.496 e. The summed E-state index contributed by atoms with van der Waals surface area (Å²) in [7, 11) is 3.36. The number of nitrogens with one attached hydrogen (secondary N) is 1. The summed E-state index contributed by atoms with van der Waals surface area (Å²) in [6, 6.07) is 4.40. The average molecular weight is 291 g/mol. The zero-order chi connectivity index (χ0) is 15.2. The molecule has 0 fully saturated rings. The monoisotopic (exact) mass is 291 g/mol. The molecule has 0 saturated heterocycles. The molecule has 0 bridgehead atoms. The zero-order valence-electron chi connectivity index (χ0n) is 12.0. The lowest BCUT2D eigenvalue weighted by Gasteiger charge is -2.05. The first-order valence-electron chi connectivity index (χ1n) is 6.57. The molecule has 7 heteroatoms. The minimum Gasteiger partial charge on any atom is -0.496 e. The van der Waals surface area contributed by atoms with Gasteiger partial charge in [0.25, 0.3) is 5.69 Å². The lowest BCUT2D eigenvalue weighted by molar-refractivity contribution is -0.384. The predicted octanol–water partition coefficient (Wildman–Crippen LogP) is 2.41. The van der Waals surface area contributed by atoms with Crippen molar-refractivity contribution in [2.24, 2.45) is 0 Å². The van der Waals surface area contributed by atoms with Crippen LogP contribution in [0.25, 0.3) is 11.3 Å². The van der Waals surface area contributed by atoms with E-state index in [2.05, 4.69) is 10.3 Å². The number of rotatable bonds is 7. The van der Waals surface area contributed by atoms with E-state index in [1.54, 1.807) is 12.3 Å². The van der Waals surface area contributed by atoms with Gasteiger partial charge in [0.2, 0.25) is 0 Å². The lowest BCUT2D eigenvalue weighted by Crippen LogP contribution is -2.08. The number of aryl methyl sites for hydroxylation is 1. The summed E-state index contributed by atoms with van der Waals surface area (Å²) in [5.41, 5.74) is 0.625. The van der Waals surface area contributed by atoms with Crippen LogP contribution in [-0.4, -0.2) is 30.6 Å². The van der Waals surface area contributed by atoms with Gasteiger partial charge < -0.3 is 14.5 Å². The van der Waals surface area contributed by atoms with Gasteiger partial charge in [0.05, 0.1) is 29.9 Å². The van der Waals surface area contributed by atoms with Gasteiger partial charge in [0, 0.05) is 12.5 Å². The summed E-state index contributed by atoms with van der Waals surface area (Å²) >= 11 is 0. The number of hydrogen-bond acceptors (Lipinski definition) is 6. The molecule has 0 radical (unpaired) electrons. The number of hydrogen-bond donors (Lipinski definition) is 1. The average Bonchev–Trinajstić information content (AvgIpc) is 2.95. The first-order chi connectivity index (χ1) is 10.2. The molecule has 0 saturated carbocycles. The summed E-state index contributed by atoms with van der Waals surface area (Å²) in [6.45, 7) is 0.887. The standard InChI is InChI=1S/C14H17N3O4/c1-15-7-3-4-14-16-9-13(21-14)11-6-5-10(17(18)19)8-12(11)20-2/h5-6,8-9,15H,3-4,7H2,1-2H3. The molecule has 21 heavy (non-hydrogen) atoms. The van der Waals surface area contributed by atoms with E-state index in [9.17, 15) is 10.1 Å². The van der Waals surface area contributed by atoms with Crippen molar-refractivity contribution in [3.05, 3.63) is 40.4 Å². The second-order valence-electron chi connectivity index (χ2n) is 4.47. The molecule has 0 aliphatic rings. The van der Waals surface area contributed by atoms with Crippen molar-refractivity contribution in [1.29, 1.82) is 0 Å². The normalized spacial score (nSPS) is 10.6. The summed E-state index contributed by atoms with van der Waals surface area (Å²) in [5.74, 6) is 1.57. The van der Waals surface area contributed by atoms with E-state index in [0.717, 1.165) is 19.4 Å². The minimum absolute atomic E-state index is 0.0237. The Bertz CT molecular complexity index is 624. The van der Waals surface area contributed by atoms with Crippen LogP contribution in [0.4, 0.5) is 5.69 Å². The molecular weight excluding hydrogens is 274 g/mol. The molecule has 1 aromatic carbocycles. The molecule has 0 unspecified atom stereocenters. The van der Waals surface area contributed by atoms with E-state index in [1.807, 2.05) is 7.05 Å². The van der Waals surface area contributed by atoms with Gasteiger partial charge in [-0.2, -0.15) is 0 Å². The van der Waals surface area contributed by atoms with Crippen LogP contribution >= 0.6 is 0 Å². The van der Waals surface area contributed by atoms with Crippen LogP contribution in [0.2, 0.25) is 0 Å². The first kappa shape index (κ1) is 15.0. The van der Waals surface area contributed by atoms with Crippen molar-refractivity contribution in [2.45, 2.75) is 12.8 Å². The molecule has 1 heterocycles. The van der Waals surface area contributed by atoms with Crippen LogP contribution in [0.5, 0.6) is 5.75 Å². The lowest BCUT2D eigenvalue weighted by atomic mass is 10.1. The molecule has 0 aliphatic carbocycles. The number of nitro groups is 1. The number of benzene rings is 1. The minimum atomic E-state index is -0.462. The topological polar surface area (TPSA) is 90.4 Å². The van der Waals surface area contributed by atoms with Crippen molar-refractivity contribution in [1.82, 2.24) is 10.3 Å². The number of ether oxygens (including phenoxy) is 1. The van der Waals surface area contributed by atoms with E-state index in [1.165, 1.54) is 19.2 Å². The fraction of sp³-hybridized carbons (Fsp3) is 0.357. The molecule has 1 aromatic heterocycles. The van der Waals surface area contributed by atoms with Crippen molar-refractivity contribution >= 4 is 5.69 Å². The summed E-state index contributed by atoms with van der Waals surface area (Å²) in [6.07, 6.45) is 3.27. The van der Waals surface area contributed by atoms with Crippen LogP contribution in [-0.2, 0) is 6.42 Å². The molecule has 7 nitrogen and oxygen atoms in total. The Balaban J connectivity index is 2.23. The molecular formula is C14H17N3O4. The zero-order valence-corrected chi connectivity index (χ0v) is 12.0. The van der Waals surface area contributed by atoms with Crippen LogP contribution < -0.4 is 10.1 Å². The van der Waals surface area contributed by atoms with Crippen molar-refractivity contribution < 1.29 is 14.1 Å². The van der Waals surface area contributed by atoms with Gasteiger partial charge >= 0.3 is 0 Å². The number of oxazole rings is 1. The molecule has 0 aliphatic heterocycles. The van der Waals surface area contributed by atoms with Gasteiger partial charge in [-0.15, -0.1) is 0 Å². The van der Waals surface area contributed by atoms with E-state index < -0.39 is 4.92 Å². The summed E-state index contributed by atoms with van der Waals surface area (Å²) < 4.78 is 10.9. The summed E-state index contributed by atoms with van der Waals surface area (Å²) in [5, 5.41) is 13.8.